The van der Waals surface area contributed by atoms with Gasteiger partial charge in [-0.05, 0) is 39.1 Å². The third-order valence-electron chi connectivity index (χ3n) is 3.04. The fraction of sp³-hybridized carbons (Fsp3) is 0.667. The maximum Gasteiger partial charge on any atom is 0.274 e. The van der Waals surface area contributed by atoms with Crippen LogP contribution in [0.25, 0.3) is 0 Å². The molecule has 1 rings (SSSR count). The summed E-state index contributed by atoms with van der Waals surface area (Å²) in [5.41, 5.74) is 0.407. The summed E-state index contributed by atoms with van der Waals surface area (Å²) in [6, 6.07) is 3.55. The third-order valence-corrected chi connectivity index (χ3v) is 3.04. The Hall–Kier alpha value is -1.69. The van der Waals surface area contributed by atoms with Gasteiger partial charge in [0.2, 0.25) is 0 Å². The summed E-state index contributed by atoms with van der Waals surface area (Å²) in [5, 5.41) is 11.3. The van der Waals surface area contributed by atoms with E-state index in [0.717, 1.165) is 32.5 Å². The molecule has 0 aliphatic rings. The van der Waals surface area contributed by atoms with E-state index in [4.69, 9.17) is 0 Å². The topological polar surface area (TPSA) is 61.4 Å². The van der Waals surface area contributed by atoms with Crippen LogP contribution in [0.15, 0.2) is 12.1 Å². The second kappa shape index (κ2) is 9.28. The molecule has 118 valence electrons. The van der Waals surface area contributed by atoms with Crippen molar-refractivity contribution in [3.63, 3.8) is 0 Å². The first-order valence-corrected chi connectivity index (χ1v) is 7.60. The molecule has 6 heteroatoms. The zero-order chi connectivity index (χ0) is 15.7. The molecule has 1 aromatic rings. The average molecular weight is 293 g/mol. The van der Waals surface area contributed by atoms with E-state index in [0.29, 0.717) is 18.1 Å². The number of likely N-dealkylation sites (N-methyl/N-ethyl adjacent to an activating group) is 1. The Balaban J connectivity index is 2.68. The number of anilines is 1. The van der Waals surface area contributed by atoms with E-state index in [1.54, 1.807) is 6.07 Å². The first kappa shape index (κ1) is 17.4. The molecule has 21 heavy (non-hydrogen) atoms. The zero-order valence-corrected chi connectivity index (χ0v) is 13.6. The summed E-state index contributed by atoms with van der Waals surface area (Å²) in [6.07, 6.45) is 1.96. The van der Waals surface area contributed by atoms with Gasteiger partial charge in [-0.25, -0.2) is 0 Å². The minimum absolute atomic E-state index is 0.0479. The predicted molar refractivity (Wildman–Crippen MR) is 85.6 cm³/mol. The van der Waals surface area contributed by atoms with Gasteiger partial charge in [0.25, 0.3) is 5.91 Å². The SMILES string of the molecule is CCCNc1ccc(C(=O)N(CCC)CCN(C)C)nn1. The number of carbonyl (C=O) groups excluding carboxylic acids is 1. The highest BCUT2D eigenvalue weighted by molar-refractivity contribution is 5.92. The number of carbonyl (C=O) groups is 1. The van der Waals surface area contributed by atoms with Gasteiger partial charge in [-0.1, -0.05) is 13.8 Å². The maximum atomic E-state index is 12.5. The highest BCUT2D eigenvalue weighted by Crippen LogP contribution is 2.06. The van der Waals surface area contributed by atoms with Crippen LogP contribution in [0.3, 0.4) is 0 Å². The molecule has 0 spiro atoms. The van der Waals surface area contributed by atoms with Crippen molar-refractivity contribution in [1.29, 1.82) is 0 Å². The van der Waals surface area contributed by atoms with E-state index in [-0.39, 0.29) is 5.91 Å². The smallest absolute Gasteiger partial charge is 0.274 e. The molecule has 0 unspecified atom stereocenters. The van der Waals surface area contributed by atoms with Crippen LogP contribution >= 0.6 is 0 Å². The Kier molecular flexibility index (Phi) is 7.68. The number of nitrogens with zero attached hydrogens (tertiary/aromatic N) is 4. The summed E-state index contributed by atoms with van der Waals surface area (Å²) in [4.78, 5) is 16.4. The minimum atomic E-state index is -0.0479. The molecule has 1 N–H and O–H groups in total. The Bertz CT molecular complexity index is 419. The van der Waals surface area contributed by atoms with Gasteiger partial charge in [0, 0.05) is 26.2 Å². The van der Waals surface area contributed by atoms with Gasteiger partial charge in [-0.3, -0.25) is 4.79 Å². The van der Waals surface area contributed by atoms with Crippen LogP contribution in [0, 0.1) is 0 Å². The number of amides is 1. The maximum absolute atomic E-state index is 12.5. The lowest BCUT2D eigenvalue weighted by Crippen LogP contribution is -2.37. The lowest BCUT2D eigenvalue weighted by Gasteiger charge is -2.23. The second-order valence-corrected chi connectivity index (χ2v) is 5.33. The van der Waals surface area contributed by atoms with Gasteiger partial charge in [0.15, 0.2) is 5.69 Å². The summed E-state index contributed by atoms with van der Waals surface area (Å²) in [7, 11) is 4.01. The number of rotatable bonds is 9. The van der Waals surface area contributed by atoms with Crippen molar-refractivity contribution in [3.8, 4) is 0 Å². The molecule has 1 heterocycles. The number of aromatic nitrogens is 2. The standard InChI is InChI=1S/C15H27N5O/c1-5-9-16-14-8-7-13(17-18-14)15(21)20(10-6-2)12-11-19(3)4/h7-8H,5-6,9-12H2,1-4H3,(H,16,18). The van der Waals surface area contributed by atoms with Gasteiger partial charge < -0.3 is 15.1 Å². The van der Waals surface area contributed by atoms with Crippen LogP contribution in [0.1, 0.15) is 37.2 Å². The molecule has 1 amide bonds. The summed E-state index contributed by atoms with van der Waals surface area (Å²) in [6.45, 7) is 7.30. The van der Waals surface area contributed by atoms with Crippen LogP contribution < -0.4 is 5.32 Å². The first-order valence-electron chi connectivity index (χ1n) is 7.60. The molecule has 0 aliphatic carbocycles. The third kappa shape index (κ3) is 6.08. The van der Waals surface area contributed by atoms with Gasteiger partial charge in [-0.2, -0.15) is 0 Å². The number of nitrogens with one attached hydrogen (secondary N) is 1. The average Bonchev–Trinajstić information content (AvgIpc) is 2.49. The van der Waals surface area contributed by atoms with E-state index in [1.807, 2.05) is 25.1 Å². The Morgan fingerprint density at radius 3 is 2.38 bits per heavy atom. The molecule has 0 radical (unpaired) electrons. The van der Waals surface area contributed by atoms with E-state index in [2.05, 4.69) is 34.3 Å². The lowest BCUT2D eigenvalue weighted by molar-refractivity contribution is 0.0738. The van der Waals surface area contributed by atoms with Crippen molar-refractivity contribution in [2.24, 2.45) is 0 Å². The second-order valence-electron chi connectivity index (χ2n) is 5.33. The van der Waals surface area contributed by atoms with Crippen molar-refractivity contribution in [3.05, 3.63) is 17.8 Å². The van der Waals surface area contributed by atoms with Crippen LogP contribution in [0.2, 0.25) is 0 Å². The Morgan fingerprint density at radius 1 is 1.10 bits per heavy atom. The summed E-state index contributed by atoms with van der Waals surface area (Å²) < 4.78 is 0. The van der Waals surface area contributed by atoms with E-state index >= 15 is 0 Å². The minimum Gasteiger partial charge on any atom is -0.369 e. The zero-order valence-electron chi connectivity index (χ0n) is 13.6. The molecule has 0 saturated carbocycles. The van der Waals surface area contributed by atoms with E-state index in [9.17, 15) is 4.79 Å². The molecule has 0 aromatic carbocycles. The van der Waals surface area contributed by atoms with Gasteiger partial charge >= 0.3 is 0 Å². The van der Waals surface area contributed by atoms with Crippen molar-refractivity contribution in [2.75, 3.05) is 45.6 Å². The highest BCUT2D eigenvalue weighted by atomic mass is 16.2. The van der Waals surface area contributed by atoms with Crippen molar-refractivity contribution >= 4 is 11.7 Å². The molecule has 0 bridgehead atoms. The predicted octanol–water partition coefficient (Wildman–Crippen LogP) is 1.71. The van der Waals surface area contributed by atoms with Crippen LogP contribution in [-0.2, 0) is 0 Å². The molecule has 1 aromatic heterocycles. The van der Waals surface area contributed by atoms with Crippen molar-refractivity contribution in [1.82, 2.24) is 20.0 Å². The quantitative estimate of drug-likeness (QED) is 0.751. The van der Waals surface area contributed by atoms with Gasteiger partial charge in [-0.15, -0.1) is 10.2 Å². The highest BCUT2D eigenvalue weighted by Gasteiger charge is 2.16. The van der Waals surface area contributed by atoms with Crippen LogP contribution in [0.4, 0.5) is 5.82 Å². The Labute approximate surface area is 127 Å². The van der Waals surface area contributed by atoms with Gasteiger partial charge in [0.1, 0.15) is 5.82 Å². The molecule has 0 saturated heterocycles. The van der Waals surface area contributed by atoms with Crippen LogP contribution in [-0.4, -0.2) is 66.2 Å². The molecular weight excluding hydrogens is 266 g/mol. The summed E-state index contributed by atoms with van der Waals surface area (Å²) >= 11 is 0. The Morgan fingerprint density at radius 2 is 1.86 bits per heavy atom. The normalized spacial score (nSPS) is 10.7. The summed E-state index contributed by atoms with van der Waals surface area (Å²) in [5.74, 6) is 0.664. The van der Waals surface area contributed by atoms with Crippen molar-refractivity contribution in [2.45, 2.75) is 26.7 Å². The molecule has 0 atom stereocenters. The monoisotopic (exact) mass is 293 g/mol. The van der Waals surface area contributed by atoms with Gasteiger partial charge in [0.05, 0.1) is 0 Å². The number of hydrogen-bond donors (Lipinski definition) is 1. The molecular formula is C15H27N5O. The van der Waals surface area contributed by atoms with E-state index in [1.165, 1.54) is 0 Å². The van der Waals surface area contributed by atoms with E-state index < -0.39 is 0 Å². The first-order chi connectivity index (χ1) is 10.1. The fourth-order valence-electron chi connectivity index (χ4n) is 1.86. The number of hydrogen-bond acceptors (Lipinski definition) is 5. The molecule has 6 nitrogen and oxygen atoms in total. The molecule has 0 fully saturated rings. The largest absolute Gasteiger partial charge is 0.369 e. The van der Waals surface area contributed by atoms with Crippen LogP contribution in [0.5, 0.6) is 0 Å². The lowest BCUT2D eigenvalue weighted by atomic mass is 10.3. The molecule has 0 aliphatic heterocycles. The fourth-order valence-corrected chi connectivity index (χ4v) is 1.86. The van der Waals surface area contributed by atoms with Crippen molar-refractivity contribution < 1.29 is 4.79 Å².